The third kappa shape index (κ3) is 5.10. The van der Waals surface area contributed by atoms with Crippen LogP contribution in [0.25, 0.3) is 0 Å². The first-order chi connectivity index (χ1) is 13.0. The van der Waals surface area contributed by atoms with Gasteiger partial charge in [0.15, 0.2) is 0 Å². The van der Waals surface area contributed by atoms with Crippen molar-refractivity contribution in [3.8, 4) is 0 Å². The minimum absolute atomic E-state index is 0.232. The maximum absolute atomic E-state index is 11.9. The molecule has 2 fully saturated rings. The third-order valence-electron chi connectivity index (χ3n) is 4.88. The lowest BCUT2D eigenvalue weighted by molar-refractivity contribution is -0.120. The summed E-state index contributed by atoms with van der Waals surface area (Å²) in [5, 5.41) is 13.3. The zero-order chi connectivity index (χ0) is 19.2. The first kappa shape index (κ1) is 19.0. The number of nitrogens with one attached hydrogen (secondary N) is 2. The second-order valence-electron chi connectivity index (χ2n) is 6.69. The van der Waals surface area contributed by atoms with E-state index in [1.54, 1.807) is 4.90 Å². The maximum Gasteiger partial charge on any atom is 0.404 e. The van der Waals surface area contributed by atoms with Crippen LogP contribution in [0.15, 0.2) is 24.3 Å². The number of hydrogen-bond acceptors (Lipinski definition) is 5. The number of piperazine rings is 1. The molecule has 0 radical (unpaired) electrons. The summed E-state index contributed by atoms with van der Waals surface area (Å²) in [7, 11) is 0. The van der Waals surface area contributed by atoms with Crippen LogP contribution < -0.4 is 20.4 Å². The number of carbonyl (C=O) groups is 3. The van der Waals surface area contributed by atoms with Gasteiger partial charge in [-0.3, -0.25) is 19.9 Å². The molecule has 3 N–H and O–H groups in total. The van der Waals surface area contributed by atoms with Crippen LogP contribution in [0.2, 0.25) is 0 Å². The molecule has 2 aliphatic heterocycles. The summed E-state index contributed by atoms with van der Waals surface area (Å²) in [6, 6.07) is 7.46. The van der Waals surface area contributed by atoms with Gasteiger partial charge in [0.2, 0.25) is 5.91 Å². The van der Waals surface area contributed by atoms with Crippen LogP contribution in [0.3, 0.4) is 0 Å². The van der Waals surface area contributed by atoms with Crippen molar-refractivity contribution in [1.29, 1.82) is 0 Å². The van der Waals surface area contributed by atoms with Crippen molar-refractivity contribution < 1.29 is 19.5 Å². The van der Waals surface area contributed by atoms with Crippen molar-refractivity contribution in [1.82, 2.24) is 15.5 Å². The van der Waals surface area contributed by atoms with Crippen LogP contribution in [0.1, 0.15) is 12.8 Å². The van der Waals surface area contributed by atoms with Gasteiger partial charge < -0.3 is 15.3 Å². The van der Waals surface area contributed by atoms with E-state index in [-0.39, 0.29) is 11.9 Å². The number of imide groups is 1. The summed E-state index contributed by atoms with van der Waals surface area (Å²) in [6.45, 7) is 5.45. The third-order valence-corrected chi connectivity index (χ3v) is 4.88. The van der Waals surface area contributed by atoms with Gasteiger partial charge in [-0.25, -0.2) is 9.59 Å². The Hall–Kier alpha value is -2.81. The molecule has 146 valence electrons. The fourth-order valence-electron chi connectivity index (χ4n) is 3.38. The first-order valence-corrected chi connectivity index (χ1v) is 9.18. The molecule has 2 aliphatic rings. The van der Waals surface area contributed by atoms with Crippen LogP contribution in [-0.2, 0) is 4.79 Å². The van der Waals surface area contributed by atoms with E-state index in [0.717, 1.165) is 50.5 Å². The van der Waals surface area contributed by atoms with Crippen LogP contribution in [0, 0.1) is 0 Å². The van der Waals surface area contributed by atoms with E-state index >= 15 is 0 Å². The fraction of sp³-hybridized carbons (Fsp3) is 0.500. The van der Waals surface area contributed by atoms with Gasteiger partial charge in [0.1, 0.15) is 0 Å². The molecule has 9 nitrogen and oxygen atoms in total. The van der Waals surface area contributed by atoms with Gasteiger partial charge in [-0.2, -0.15) is 0 Å². The Morgan fingerprint density at radius 3 is 2.33 bits per heavy atom. The smallest absolute Gasteiger partial charge is 0.404 e. The Bertz CT molecular complexity index is 685. The average molecular weight is 375 g/mol. The van der Waals surface area contributed by atoms with Crippen LogP contribution >= 0.6 is 0 Å². The van der Waals surface area contributed by atoms with Gasteiger partial charge in [-0.05, 0) is 37.2 Å². The monoisotopic (exact) mass is 375 g/mol. The number of carboxylic acid groups (broad SMARTS) is 1. The molecule has 0 bridgehead atoms. The number of benzene rings is 1. The van der Waals surface area contributed by atoms with E-state index in [9.17, 15) is 14.4 Å². The second kappa shape index (κ2) is 8.72. The Balaban J connectivity index is 1.47. The van der Waals surface area contributed by atoms with Crippen LogP contribution in [0.4, 0.5) is 21.0 Å². The SMILES string of the molecule is O=C(O)NCCCN1CCN(c2ccc(N3CCC(=O)NC3=O)cc2)CC1. The molecule has 0 aliphatic carbocycles. The van der Waals surface area contributed by atoms with Gasteiger partial charge in [0, 0.05) is 57.1 Å². The molecule has 0 atom stereocenters. The largest absolute Gasteiger partial charge is 0.465 e. The lowest BCUT2D eigenvalue weighted by Crippen LogP contribution is -2.49. The summed E-state index contributed by atoms with van der Waals surface area (Å²) in [5.41, 5.74) is 1.90. The summed E-state index contributed by atoms with van der Waals surface area (Å²) < 4.78 is 0. The highest BCUT2D eigenvalue weighted by atomic mass is 16.4. The molecule has 2 saturated heterocycles. The van der Waals surface area contributed by atoms with E-state index in [1.165, 1.54) is 0 Å². The average Bonchev–Trinajstić information content (AvgIpc) is 2.66. The Morgan fingerprint density at radius 1 is 1.04 bits per heavy atom. The molecule has 9 heteroatoms. The van der Waals surface area contributed by atoms with E-state index in [1.807, 2.05) is 24.3 Å². The molecule has 0 saturated carbocycles. The highest BCUT2D eigenvalue weighted by molar-refractivity contribution is 6.05. The molecule has 27 heavy (non-hydrogen) atoms. The van der Waals surface area contributed by atoms with Crippen molar-refractivity contribution in [2.24, 2.45) is 0 Å². The van der Waals surface area contributed by atoms with Gasteiger partial charge in [-0.15, -0.1) is 0 Å². The highest BCUT2D eigenvalue weighted by Gasteiger charge is 2.24. The van der Waals surface area contributed by atoms with Crippen molar-refractivity contribution in [3.63, 3.8) is 0 Å². The van der Waals surface area contributed by atoms with Gasteiger partial charge >= 0.3 is 12.1 Å². The van der Waals surface area contributed by atoms with Crippen molar-refractivity contribution >= 4 is 29.4 Å². The number of anilines is 2. The number of amides is 4. The van der Waals surface area contributed by atoms with Crippen LogP contribution in [0.5, 0.6) is 0 Å². The molecule has 4 amide bonds. The molecular formula is C18H25N5O4. The maximum atomic E-state index is 11.9. The molecule has 0 aromatic heterocycles. The van der Waals surface area contributed by atoms with Gasteiger partial charge in [0.25, 0.3) is 0 Å². The van der Waals surface area contributed by atoms with Crippen LogP contribution in [-0.4, -0.2) is 73.9 Å². The van der Waals surface area contributed by atoms with Crippen molar-refractivity contribution in [2.45, 2.75) is 12.8 Å². The standard InChI is InChI=1S/C18H25N5O4/c24-16-6-9-23(17(25)20-16)15-4-2-14(3-5-15)22-12-10-21(11-13-22)8-1-7-19-18(26)27/h2-5,19H,1,6-13H2,(H,26,27)(H,20,24,25). The van der Waals surface area contributed by atoms with Gasteiger partial charge in [0.05, 0.1) is 0 Å². The minimum atomic E-state index is -0.975. The number of nitrogens with zero attached hydrogens (tertiary/aromatic N) is 3. The summed E-state index contributed by atoms with van der Waals surface area (Å²) >= 11 is 0. The molecular weight excluding hydrogens is 350 g/mol. The summed E-state index contributed by atoms with van der Waals surface area (Å²) in [5.74, 6) is -0.232. The molecule has 0 unspecified atom stereocenters. The number of carbonyl (C=O) groups excluding carboxylic acids is 2. The normalized spacial score (nSPS) is 18.4. The van der Waals surface area contributed by atoms with E-state index < -0.39 is 6.09 Å². The lowest BCUT2D eigenvalue weighted by atomic mass is 10.2. The fourth-order valence-corrected chi connectivity index (χ4v) is 3.38. The summed E-state index contributed by atoms with van der Waals surface area (Å²) in [4.78, 5) is 39.8. The quantitative estimate of drug-likeness (QED) is 0.639. The Morgan fingerprint density at radius 2 is 1.70 bits per heavy atom. The molecule has 1 aromatic carbocycles. The second-order valence-corrected chi connectivity index (χ2v) is 6.69. The van der Waals surface area contributed by atoms with Gasteiger partial charge in [-0.1, -0.05) is 0 Å². The zero-order valence-corrected chi connectivity index (χ0v) is 15.2. The first-order valence-electron chi connectivity index (χ1n) is 9.18. The Labute approximate surface area is 157 Å². The molecule has 0 spiro atoms. The zero-order valence-electron chi connectivity index (χ0n) is 15.2. The van der Waals surface area contributed by atoms with E-state index in [2.05, 4.69) is 20.4 Å². The minimum Gasteiger partial charge on any atom is -0.465 e. The number of rotatable bonds is 6. The predicted octanol–water partition coefficient (Wildman–Crippen LogP) is 0.913. The van der Waals surface area contributed by atoms with Crippen molar-refractivity contribution in [3.05, 3.63) is 24.3 Å². The predicted molar refractivity (Wildman–Crippen MR) is 101 cm³/mol. The Kier molecular flexibility index (Phi) is 6.12. The molecule has 2 heterocycles. The molecule has 1 aromatic rings. The van der Waals surface area contributed by atoms with Crippen molar-refractivity contribution in [2.75, 3.05) is 55.6 Å². The number of urea groups is 1. The van der Waals surface area contributed by atoms with E-state index in [0.29, 0.717) is 19.5 Å². The lowest BCUT2D eigenvalue weighted by Gasteiger charge is -2.36. The molecule has 3 rings (SSSR count). The van der Waals surface area contributed by atoms with E-state index in [4.69, 9.17) is 5.11 Å². The topological polar surface area (TPSA) is 105 Å². The summed E-state index contributed by atoms with van der Waals surface area (Å²) in [6.07, 6.45) is 0.149. The number of hydrogen-bond donors (Lipinski definition) is 3. The highest BCUT2D eigenvalue weighted by Crippen LogP contribution is 2.23.